The van der Waals surface area contributed by atoms with E-state index in [2.05, 4.69) is 124 Å². The van der Waals surface area contributed by atoms with Crippen LogP contribution in [-0.4, -0.2) is 24.1 Å². The fourth-order valence-electron chi connectivity index (χ4n) is 15.2. The van der Waals surface area contributed by atoms with Crippen molar-refractivity contribution in [1.82, 2.24) is 24.1 Å². The Balaban J connectivity index is 1.09. The lowest BCUT2D eigenvalue weighted by Crippen LogP contribution is -2.51. The van der Waals surface area contributed by atoms with Crippen LogP contribution in [0.2, 0.25) is 0 Å². The molecule has 16 rings (SSSR count). The summed E-state index contributed by atoms with van der Waals surface area (Å²) < 4.78 is 5.05. The van der Waals surface area contributed by atoms with Crippen LogP contribution < -0.4 is 0 Å². The number of benzene rings is 5. The van der Waals surface area contributed by atoms with E-state index in [1.807, 2.05) is 0 Å². The van der Waals surface area contributed by atoms with Gasteiger partial charge in [0.1, 0.15) is 11.6 Å². The van der Waals surface area contributed by atoms with Crippen LogP contribution in [0.1, 0.15) is 88.7 Å². The summed E-state index contributed by atoms with van der Waals surface area (Å²) >= 11 is 0. The molecule has 3 heterocycles. The summed E-state index contributed by atoms with van der Waals surface area (Å²) in [5.41, 5.74) is 8.36. The smallest absolute Gasteiger partial charge is 0.165 e. The second kappa shape index (κ2) is 11.7. The highest BCUT2D eigenvalue weighted by Crippen LogP contribution is 2.62. The van der Waals surface area contributed by atoms with Gasteiger partial charge in [0.15, 0.2) is 5.82 Å². The van der Waals surface area contributed by atoms with E-state index in [9.17, 15) is 0 Å². The second-order valence-corrected chi connectivity index (χ2v) is 20.1. The number of hydrogen-bond acceptors (Lipinski definition) is 3. The molecular weight excluding hydrogens is 707 g/mol. The van der Waals surface area contributed by atoms with Crippen molar-refractivity contribution in [2.45, 2.75) is 87.9 Å². The molecule has 8 aromatic rings. The van der Waals surface area contributed by atoms with Gasteiger partial charge in [-0.3, -0.25) is 0 Å². The molecule has 5 heteroatoms. The lowest BCUT2D eigenvalue weighted by Gasteiger charge is -2.57. The van der Waals surface area contributed by atoms with Gasteiger partial charge >= 0.3 is 0 Å². The summed E-state index contributed by atoms with van der Waals surface area (Å²) in [7, 11) is 0. The minimum Gasteiger partial charge on any atom is -0.307 e. The molecule has 0 radical (unpaired) electrons. The van der Waals surface area contributed by atoms with E-state index in [0.717, 1.165) is 69.9 Å². The molecular formula is C53H49N5. The van der Waals surface area contributed by atoms with Crippen molar-refractivity contribution < 1.29 is 0 Å². The van der Waals surface area contributed by atoms with Crippen molar-refractivity contribution in [3.8, 4) is 22.8 Å². The summed E-state index contributed by atoms with van der Waals surface area (Å²) in [6.07, 6.45) is 16.0. The van der Waals surface area contributed by atoms with Gasteiger partial charge in [0.05, 0.1) is 33.4 Å². The third-order valence-corrected chi connectivity index (χ3v) is 16.5. The predicted octanol–water partition coefficient (Wildman–Crippen LogP) is 12.7. The molecule has 8 saturated carbocycles. The van der Waals surface area contributed by atoms with Gasteiger partial charge in [-0.05, 0) is 149 Å². The maximum Gasteiger partial charge on any atom is 0.165 e. The molecule has 5 aromatic carbocycles. The predicted molar refractivity (Wildman–Crippen MR) is 234 cm³/mol. The molecule has 286 valence electrons. The van der Waals surface area contributed by atoms with Gasteiger partial charge in [-0.2, -0.15) is 0 Å². The van der Waals surface area contributed by atoms with Crippen LogP contribution >= 0.6 is 0 Å². The van der Waals surface area contributed by atoms with E-state index in [4.69, 9.17) is 15.0 Å². The molecule has 0 saturated heterocycles. The van der Waals surface area contributed by atoms with E-state index in [1.165, 1.54) is 121 Å². The first-order valence-electron chi connectivity index (χ1n) is 22.5. The number of fused-ring (bicyclic) bond motifs is 6. The standard InChI is InChI=1S/C53H49N5/c1-5-15-43-38(10-1)39-11-2-6-16-44(39)57(43)47-19-9-14-42(48(47)58-45-17-7-3-12-40(45)41-13-4-8-18-46(41)58)49-54-50(52-26-32-20-33(27-52)22-34(21-32)28-52)56-51(55-49)53-29-35-23-36(30-53)25-37(24-35)31-53/h1-19,32-37H,20-31H2. The topological polar surface area (TPSA) is 48.5 Å². The summed E-state index contributed by atoms with van der Waals surface area (Å²) in [6, 6.07) is 42.7. The Morgan fingerprint density at radius 1 is 0.379 bits per heavy atom. The highest BCUT2D eigenvalue weighted by Gasteiger charge is 2.56. The third kappa shape index (κ3) is 4.51. The maximum atomic E-state index is 5.85. The number of nitrogens with zero attached hydrogens (tertiary/aromatic N) is 5. The fourth-order valence-corrected chi connectivity index (χ4v) is 15.2. The molecule has 0 aliphatic heterocycles. The molecule has 8 fully saturated rings. The summed E-state index contributed by atoms with van der Waals surface area (Å²) in [5.74, 6) is 8.08. The summed E-state index contributed by atoms with van der Waals surface area (Å²) in [4.78, 5) is 17.6. The van der Waals surface area contributed by atoms with Crippen molar-refractivity contribution in [3.05, 3.63) is 127 Å². The molecule has 0 N–H and O–H groups in total. The van der Waals surface area contributed by atoms with Crippen LogP contribution in [-0.2, 0) is 10.8 Å². The van der Waals surface area contributed by atoms with Crippen molar-refractivity contribution in [2.75, 3.05) is 0 Å². The van der Waals surface area contributed by atoms with Crippen LogP contribution in [0.3, 0.4) is 0 Å². The van der Waals surface area contributed by atoms with Gasteiger partial charge in [-0.25, -0.2) is 15.0 Å². The van der Waals surface area contributed by atoms with E-state index in [0.29, 0.717) is 0 Å². The number of para-hydroxylation sites is 5. The van der Waals surface area contributed by atoms with Gasteiger partial charge in [0.2, 0.25) is 0 Å². The molecule has 0 atom stereocenters. The van der Waals surface area contributed by atoms with Gasteiger partial charge in [-0.1, -0.05) is 78.9 Å². The largest absolute Gasteiger partial charge is 0.307 e. The maximum absolute atomic E-state index is 5.85. The van der Waals surface area contributed by atoms with Gasteiger partial charge in [-0.15, -0.1) is 0 Å². The molecule has 8 aliphatic rings. The molecule has 0 unspecified atom stereocenters. The molecule has 3 aromatic heterocycles. The highest BCUT2D eigenvalue weighted by molar-refractivity contribution is 6.12. The minimum atomic E-state index is 0.0704. The normalized spacial score (nSPS) is 30.8. The zero-order valence-corrected chi connectivity index (χ0v) is 33.2. The van der Waals surface area contributed by atoms with Crippen molar-refractivity contribution in [2.24, 2.45) is 35.5 Å². The zero-order valence-electron chi connectivity index (χ0n) is 33.2. The van der Waals surface area contributed by atoms with Crippen LogP contribution in [0, 0.1) is 35.5 Å². The SMILES string of the molecule is c1cc(-c2nc(C34CC5CC(CC(C5)C3)C4)nc(C34CC5CC(CC(C5)C3)C4)n2)c(-n2c3ccccc3c3ccccc32)c(-n2c3ccccc3c3ccccc32)c1. The number of aromatic nitrogens is 5. The van der Waals surface area contributed by atoms with Crippen molar-refractivity contribution in [1.29, 1.82) is 0 Å². The molecule has 58 heavy (non-hydrogen) atoms. The van der Waals surface area contributed by atoms with Crippen LogP contribution in [0.25, 0.3) is 66.4 Å². The Bertz CT molecular complexity index is 2760. The monoisotopic (exact) mass is 755 g/mol. The first kappa shape index (κ1) is 32.6. The lowest BCUT2D eigenvalue weighted by molar-refractivity contribution is -0.0155. The second-order valence-electron chi connectivity index (χ2n) is 20.1. The van der Waals surface area contributed by atoms with E-state index >= 15 is 0 Å². The van der Waals surface area contributed by atoms with E-state index in [-0.39, 0.29) is 10.8 Å². The van der Waals surface area contributed by atoms with Crippen LogP contribution in [0.15, 0.2) is 115 Å². The van der Waals surface area contributed by atoms with Gasteiger partial charge in [0.25, 0.3) is 0 Å². The Morgan fingerprint density at radius 3 is 1.14 bits per heavy atom. The first-order chi connectivity index (χ1) is 28.6. The quantitative estimate of drug-likeness (QED) is 0.176. The Hall–Kier alpha value is -5.29. The fraction of sp³-hybridized carbons (Fsp3) is 0.377. The van der Waals surface area contributed by atoms with E-state index < -0.39 is 0 Å². The third-order valence-electron chi connectivity index (χ3n) is 16.5. The van der Waals surface area contributed by atoms with Gasteiger partial charge in [0, 0.05) is 37.9 Å². The van der Waals surface area contributed by atoms with Crippen molar-refractivity contribution in [3.63, 3.8) is 0 Å². The minimum absolute atomic E-state index is 0.0704. The average Bonchev–Trinajstić information content (AvgIpc) is 3.75. The van der Waals surface area contributed by atoms with Crippen molar-refractivity contribution >= 4 is 43.6 Å². The summed E-state index contributed by atoms with van der Waals surface area (Å²) in [6.45, 7) is 0. The molecule has 0 spiro atoms. The first-order valence-corrected chi connectivity index (χ1v) is 22.5. The Kier molecular flexibility index (Phi) is 6.57. The average molecular weight is 756 g/mol. The van der Waals surface area contributed by atoms with E-state index in [1.54, 1.807) is 0 Å². The van der Waals surface area contributed by atoms with Crippen LogP contribution in [0.5, 0.6) is 0 Å². The Labute approximate surface area is 339 Å². The van der Waals surface area contributed by atoms with Crippen LogP contribution in [0.4, 0.5) is 0 Å². The number of rotatable bonds is 5. The number of hydrogen-bond donors (Lipinski definition) is 0. The molecule has 8 aliphatic carbocycles. The molecule has 0 amide bonds. The Morgan fingerprint density at radius 2 is 0.741 bits per heavy atom. The highest BCUT2D eigenvalue weighted by atomic mass is 15.1. The van der Waals surface area contributed by atoms with Gasteiger partial charge < -0.3 is 9.13 Å². The molecule has 8 bridgehead atoms. The molecule has 5 nitrogen and oxygen atoms in total. The summed E-state index contributed by atoms with van der Waals surface area (Å²) in [5, 5.41) is 5.07. The zero-order chi connectivity index (χ0) is 37.7. The lowest BCUT2D eigenvalue weighted by atomic mass is 9.49.